The number of carbonyl (C=O) groups excluding carboxylic acids is 1. The molecule has 0 radical (unpaired) electrons. The zero-order valence-corrected chi connectivity index (χ0v) is 13.3. The van der Waals surface area contributed by atoms with E-state index in [1.54, 1.807) is 23.5 Å². The molecule has 1 aliphatic rings. The van der Waals surface area contributed by atoms with Crippen molar-refractivity contribution in [3.63, 3.8) is 0 Å². The Kier molecular flexibility index (Phi) is 3.67. The van der Waals surface area contributed by atoms with Gasteiger partial charge in [0.2, 0.25) is 5.91 Å². The van der Waals surface area contributed by atoms with Crippen LogP contribution in [0.3, 0.4) is 0 Å². The summed E-state index contributed by atoms with van der Waals surface area (Å²) in [7, 11) is 0. The number of fused-ring (bicyclic) bond motifs is 2. The minimum absolute atomic E-state index is 0.0639. The average molecular weight is 320 g/mol. The smallest absolute Gasteiger partial charge is 0.244 e. The van der Waals surface area contributed by atoms with Crippen LogP contribution in [0.15, 0.2) is 54.6 Å². The second kappa shape index (κ2) is 5.97. The van der Waals surface area contributed by atoms with Gasteiger partial charge in [0.25, 0.3) is 0 Å². The summed E-state index contributed by atoms with van der Waals surface area (Å²) in [5.74, 6) is -0.0639. The lowest BCUT2D eigenvalue weighted by molar-refractivity contribution is -0.117. The van der Waals surface area contributed by atoms with Crippen molar-refractivity contribution >= 4 is 33.5 Å². The molecule has 0 spiro atoms. The topological polar surface area (TPSA) is 42.0 Å². The normalized spacial score (nSPS) is 16.8. The van der Waals surface area contributed by atoms with Gasteiger partial charge in [0.05, 0.1) is 16.3 Å². The molecule has 4 heteroatoms. The molecule has 0 saturated heterocycles. The van der Waals surface area contributed by atoms with Gasteiger partial charge in [-0.1, -0.05) is 36.4 Å². The van der Waals surface area contributed by atoms with Crippen LogP contribution in [0.1, 0.15) is 28.6 Å². The summed E-state index contributed by atoms with van der Waals surface area (Å²) in [4.78, 5) is 16.7. The number of rotatable bonds is 3. The van der Waals surface area contributed by atoms with Crippen LogP contribution in [-0.2, 0) is 11.2 Å². The molecule has 1 aliphatic carbocycles. The number of hydrogen-bond donors (Lipinski definition) is 1. The maximum absolute atomic E-state index is 12.2. The molecule has 4 rings (SSSR count). The van der Waals surface area contributed by atoms with Crippen molar-refractivity contribution < 1.29 is 4.79 Å². The molecule has 0 fully saturated rings. The molecular formula is C19H16N2OS. The number of aromatic nitrogens is 1. The number of nitrogens with one attached hydrogen (secondary N) is 1. The lowest BCUT2D eigenvalue weighted by Crippen LogP contribution is -2.25. The van der Waals surface area contributed by atoms with Crippen LogP contribution in [0.25, 0.3) is 16.3 Å². The Bertz CT molecular complexity index is 864. The van der Waals surface area contributed by atoms with E-state index in [4.69, 9.17) is 0 Å². The Hall–Kier alpha value is -2.46. The highest BCUT2D eigenvalue weighted by molar-refractivity contribution is 7.19. The van der Waals surface area contributed by atoms with E-state index in [0.717, 1.165) is 28.1 Å². The lowest BCUT2D eigenvalue weighted by atomic mass is 10.1. The van der Waals surface area contributed by atoms with Crippen molar-refractivity contribution in [2.75, 3.05) is 0 Å². The molecule has 1 atom stereocenters. The van der Waals surface area contributed by atoms with Gasteiger partial charge in [0, 0.05) is 6.08 Å². The van der Waals surface area contributed by atoms with Gasteiger partial charge in [-0.05, 0) is 42.2 Å². The van der Waals surface area contributed by atoms with Gasteiger partial charge >= 0.3 is 0 Å². The standard InChI is InChI=1S/C19H16N2OS/c22-18(20-15-10-9-13-5-1-2-6-14(13)15)11-12-19-21-16-7-3-4-8-17(16)23-19/h1-8,11-12,15H,9-10H2,(H,20,22)/b12-11+. The van der Waals surface area contributed by atoms with Crippen LogP contribution in [0.2, 0.25) is 0 Å². The Morgan fingerprint density at radius 3 is 2.91 bits per heavy atom. The van der Waals surface area contributed by atoms with Crippen LogP contribution in [0, 0.1) is 0 Å². The number of benzene rings is 2. The van der Waals surface area contributed by atoms with E-state index in [9.17, 15) is 4.79 Å². The number of amides is 1. The SMILES string of the molecule is O=C(/C=C/c1nc2ccccc2s1)NC1CCc2ccccc21. The van der Waals surface area contributed by atoms with E-state index in [1.165, 1.54) is 11.1 Å². The largest absolute Gasteiger partial charge is 0.346 e. The van der Waals surface area contributed by atoms with Crippen LogP contribution in [0.5, 0.6) is 0 Å². The minimum Gasteiger partial charge on any atom is -0.346 e. The van der Waals surface area contributed by atoms with Crippen LogP contribution < -0.4 is 5.32 Å². The van der Waals surface area contributed by atoms with Gasteiger partial charge in [-0.25, -0.2) is 4.98 Å². The maximum atomic E-state index is 12.2. The highest BCUT2D eigenvalue weighted by atomic mass is 32.1. The number of carbonyl (C=O) groups is 1. The molecule has 1 unspecified atom stereocenters. The molecule has 2 aromatic carbocycles. The van der Waals surface area contributed by atoms with E-state index in [2.05, 4.69) is 28.5 Å². The molecule has 114 valence electrons. The van der Waals surface area contributed by atoms with E-state index in [-0.39, 0.29) is 11.9 Å². The molecule has 1 amide bonds. The third kappa shape index (κ3) is 2.90. The first kappa shape index (κ1) is 14.2. The first-order valence-electron chi connectivity index (χ1n) is 7.71. The number of thiazole rings is 1. The highest BCUT2D eigenvalue weighted by Gasteiger charge is 2.22. The zero-order valence-electron chi connectivity index (χ0n) is 12.5. The summed E-state index contributed by atoms with van der Waals surface area (Å²) in [6, 6.07) is 16.4. The maximum Gasteiger partial charge on any atom is 0.244 e. The minimum atomic E-state index is -0.0639. The molecule has 1 N–H and O–H groups in total. The Balaban J connectivity index is 1.46. The van der Waals surface area contributed by atoms with E-state index >= 15 is 0 Å². The fourth-order valence-corrected chi connectivity index (χ4v) is 3.91. The first-order chi connectivity index (χ1) is 11.3. The van der Waals surface area contributed by atoms with Gasteiger partial charge in [-0.3, -0.25) is 4.79 Å². The summed E-state index contributed by atoms with van der Waals surface area (Å²) in [5.41, 5.74) is 3.56. The molecule has 0 bridgehead atoms. The highest BCUT2D eigenvalue weighted by Crippen LogP contribution is 2.30. The predicted octanol–water partition coefficient (Wildman–Crippen LogP) is 4.11. The number of para-hydroxylation sites is 1. The Labute approximate surface area is 138 Å². The van der Waals surface area contributed by atoms with Crippen LogP contribution in [-0.4, -0.2) is 10.9 Å². The van der Waals surface area contributed by atoms with Gasteiger partial charge in [0.15, 0.2) is 0 Å². The van der Waals surface area contributed by atoms with Gasteiger partial charge < -0.3 is 5.32 Å². The molecule has 23 heavy (non-hydrogen) atoms. The molecule has 0 aliphatic heterocycles. The summed E-state index contributed by atoms with van der Waals surface area (Å²) >= 11 is 1.59. The summed E-state index contributed by atoms with van der Waals surface area (Å²) in [6.45, 7) is 0. The second-order valence-corrected chi connectivity index (χ2v) is 6.71. The molecule has 0 saturated carbocycles. The van der Waals surface area contributed by atoms with Crippen molar-refractivity contribution in [2.24, 2.45) is 0 Å². The summed E-state index contributed by atoms with van der Waals surface area (Å²) in [5, 5.41) is 3.94. The fraction of sp³-hybridized carbons (Fsp3) is 0.158. The quantitative estimate of drug-likeness (QED) is 0.738. The van der Waals surface area contributed by atoms with Crippen LogP contribution >= 0.6 is 11.3 Å². The van der Waals surface area contributed by atoms with Gasteiger partial charge in [-0.15, -0.1) is 11.3 Å². The lowest BCUT2D eigenvalue weighted by Gasteiger charge is -2.12. The predicted molar refractivity (Wildman–Crippen MR) is 94.3 cm³/mol. The van der Waals surface area contributed by atoms with Crippen molar-refractivity contribution in [3.05, 3.63) is 70.7 Å². The van der Waals surface area contributed by atoms with E-state index in [0.29, 0.717) is 0 Å². The monoisotopic (exact) mass is 320 g/mol. The Morgan fingerprint density at radius 1 is 1.17 bits per heavy atom. The van der Waals surface area contributed by atoms with Gasteiger partial charge in [0.1, 0.15) is 5.01 Å². The summed E-state index contributed by atoms with van der Waals surface area (Å²) < 4.78 is 1.14. The second-order valence-electron chi connectivity index (χ2n) is 5.65. The van der Waals surface area contributed by atoms with Crippen molar-refractivity contribution in [1.29, 1.82) is 0 Å². The number of aryl methyl sites for hydroxylation is 1. The number of nitrogens with zero attached hydrogens (tertiary/aromatic N) is 1. The molecule has 1 aromatic heterocycles. The van der Waals surface area contributed by atoms with Crippen molar-refractivity contribution in [1.82, 2.24) is 10.3 Å². The average Bonchev–Trinajstić information content (AvgIpc) is 3.17. The summed E-state index contributed by atoms with van der Waals surface area (Å²) in [6.07, 6.45) is 5.38. The third-order valence-electron chi connectivity index (χ3n) is 4.14. The molecule has 3 aromatic rings. The van der Waals surface area contributed by atoms with Gasteiger partial charge in [-0.2, -0.15) is 0 Å². The molecular weight excluding hydrogens is 304 g/mol. The third-order valence-corrected chi connectivity index (χ3v) is 5.14. The number of hydrogen-bond acceptors (Lipinski definition) is 3. The molecule has 1 heterocycles. The van der Waals surface area contributed by atoms with E-state index in [1.807, 2.05) is 30.3 Å². The fourth-order valence-electron chi connectivity index (χ4n) is 3.04. The van der Waals surface area contributed by atoms with E-state index < -0.39 is 0 Å². The van der Waals surface area contributed by atoms with Crippen LogP contribution in [0.4, 0.5) is 0 Å². The van der Waals surface area contributed by atoms with Crippen molar-refractivity contribution in [3.8, 4) is 0 Å². The Morgan fingerprint density at radius 2 is 2.00 bits per heavy atom. The van der Waals surface area contributed by atoms with Crippen molar-refractivity contribution in [2.45, 2.75) is 18.9 Å². The first-order valence-corrected chi connectivity index (χ1v) is 8.53. The zero-order chi connectivity index (χ0) is 15.6. The molecule has 3 nitrogen and oxygen atoms in total.